The van der Waals surface area contributed by atoms with Crippen LogP contribution >= 0.6 is 0 Å². The predicted molar refractivity (Wildman–Crippen MR) is 108 cm³/mol. The summed E-state index contributed by atoms with van der Waals surface area (Å²) in [5, 5.41) is 5.04. The molecule has 0 radical (unpaired) electrons. The van der Waals surface area contributed by atoms with Crippen LogP contribution in [0.5, 0.6) is 5.75 Å². The maximum Gasteiger partial charge on any atom is 0.265 e. The van der Waals surface area contributed by atoms with Crippen molar-refractivity contribution in [2.75, 3.05) is 5.32 Å². The predicted octanol–water partition coefficient (Wildman–Crippen LogP) is 5.69. The minimum absolute atomic E-state index is 0.173. The molecule has 0 spiro atoms. The number of anilines is 1. The molecule has 0 aliphatic rings. The Bertz CT molecular complexity index is 1100. The molecule has 4 aromatic rings. The summed E-state index contributed by atoms with van der Waals surface area (Å²) >= 11 is 0. The van der Waals surface area contributed by atoms with Crippen LogP contribution in [0.4, 0.5) is 5.69 Å². The summed E-state index contributed by atoms with van der Waals surface area (Å²) in [5.41, 5.74) is 3.43. The van der Waals surface area contributed by atoms with Gasteiger partial charge in [-0.05, 0) is 43.7 Å². The number of fused-ring (bicyclic) bond motifs is 3. The summed E-state index contributed by atoms with van der Waals surface area (Å²) in [7, 11) is 0. The van der Waals surface area contributed by atoms with Crippen LogP contribution < -0.4 is 10.1 Å². The van der Waals surface area contributed by atoms with Crippen molar-refractivity contribution in [1.82, 2.24) is 0 Å². The third kappa shape index (κ3) is 3.51. The van der Waals surface area contributed by atoms with E-state index in [1.807, 2.05) is 80.6 Å². The molecule has 0 aliphatic carbocycles. The number of aryl methyl sites for hydroxylation is 1. The molecule has 0 saturated heterocycles. The van der Waals surface area contributed by atoms with Crippen LogP contribution in [0, 0.1) is 6.92 Å². The van der Waals surface area contributed by atoms with Crippen molar-refractivity contribution in [2.45, 2.75) is 26.4 Å². The Morgan fingerprint density at radius 2 is 1.74 bits per heavy atom. The zero-order valence-corrected chi connectivity index (χ0v) is 15.4. The summed E-state index contributed by atoms with van der Waals surface area (Å²) < 4.78 is 11.7. The Kier molecular flexibility index (Phi) is 4.55. The zero-order valence-electron chi connectivity index (χ0n) is 15.4. The second-order valence-corrected chi connectivity index (χ2v) is 6.63. The minimum atomic E-state index is -0.556. The number of carbonyl (C=O) groups is 1. The monoisotopic (exact) mass is 359 g/mol. The van der Waals surface area contributed by atoms with Crippen molar-refractivity contribution in [3.05, 3.63) is 72.3 Å². The second-order valence-electron chi connectivity index (χ2n) is 6.63. The first kappa shape index (κ1) is 17.2. The third-order valence-corrected chi connectivity index (χ3v) is 4.61. The number of amides is 1. The quantitative estimate of drug-likeness (QED) is 0.498. The number of hydrogen-bond acceptors (Lipinski definition) is 3. The van der Waals surface area contributed by atoms with Gasteiger partial charge in [-0.1, -0.05) is 42.8 Å². The molecule has 1 aromatic heterocycles. The summed E-state index contributed by atoms with van der Waals surface area (Å²) in [6, 6.07) is 21.3. The SMILES string of the molecule is CC[C@@H](Oc1ccc(C)cc1)C(=O)Nc1ccc2c(c1)oc1ccccc12. The standard InChI is InChI=1S/C23H21NO3/c1-3-20(26-17-11-8-15(2)9-12-17)23(25)24-16-10-13-19-18-6-4-5-7-21(18)27-22(19)14-16/h4-14,20H,3H2,1-2H3,(H,24,25)/t20-/m1/s1. The highest BCUT2D eigenvalue weighted by atomic mass is 16.5. The molecule has 0 saturated carbocycles. The summed E-state index contributed by atoms with van der Waals surface area (Å²) in [6.45, 7) is 3.95. The molecule has 136 valence electrons. The van der Waals surface area contributed by atoms with Gasteiger partial charge in [-0.25, -0.2) is 0 Å². The number of para-hydroxylation sites is 1. The first-order valence-corrected chi connectivity index (χ1v) is 9.09. The van der Waals surface area contributed by atoms with Gasteiger partial charge < -0.3 is 14.5 Å². The van der Waals surface area contributed by atoms with Crippen LogP contribution in [0.1, 0.15) is 18.9 Å². The van der Waals surface area contributed by atoms with Gasteiger partial charge in [0.2, 0.25) is 0 Å². The van der Waals surface area contributed by atoms with Gasteiger partial charge in [0.15, 0.2) is 6.10 Å². The van der Waals surface area contributed by atoms with Gasteiger partial charge in [-0.2, -0.15) is 0 Å². The number of nitrogens with one attached hydrogen (secondary N) is 1. The van der Waals surface area contributed by atoms with E-state index in [0.717, 1.165) is 27.5 Å². The average molecular weight is 359 g/mol. The van der Waals surface area contributed by atoms with Gasteiger partial charge in [0.25, 0.3) is 5.91 Å². The van der Waals surface area contributed by atoms with Crippen molar-refractivity contribution in [3.63, 3.8) is 0 Å². The molecular weight excluding hydrogens is 338 g/mol. The summed E-state index contributed by atoms with van der Waals surface area (Å²) in [5.74, 6) is 0.517. The Morgan fingerprint density at radius 1 is 1.00 bits per heavy atom. The molecule has 3 aromatic carbocycles. The molecule has 27 heavy (non-hydrogen) atoms. The fraction of sp³-hybridized carbons (Fsp3) is 0.174. The highest BCUT2D eigenvalue weighted by Crippen LogP contribution is 2.30. The van der Waals surface area contributed by atoms with Gasteiger partial charge >= 0.3 is 0 Å². The van der Waals surface area contributed by atoms with Crippen LogP contribution in [0.15, 0.2) is 71.1 Å². The van der Waals surface area contributed by atoms with E-state index in [-0.39, 0.29) is 5.91 Å². The van der Waals surface area contributed by atoms with Gasteiger partial charge in [0, 0.05) is 22.5 Å². The molecule has 1 atom stereocenters. The van der Waals surface area contributed by atoms with E-state index < -0.39 is 6.10 Å². The highest BCUT2D eigenvalue weighted by molar-refractivity contribution is 6.06. The van der Waals surface area contributed by atoms with Crippen molar-refractivity contribution in [1.29, 1.82) is 0 Å². The molecule has 0 fully saturated rings. The van der Waals surface area contributed by atoms with E-state index in [0.29, 0.717) is 17.9 Å². The number of rotatable bonds is 5. The maximum atomic E-state index is 12.7. The van der Waals surface area contributed by atoms with Crippen LogP contribution in [0.25, 0.3) is 21.9 Å². The molecule has 0 bridgehead atoms. The van der Waals surface area contributed by atoms with Crippen LogP contribution in [0.3, 0.4) is 0 Å². The van der Waals surface area contributed by atoms with Crippen molar-refractivity contribution in [3.8, 4) is 5.75 Å². The Morgan fingerprint density at radius 3 is 2.52 bits per heavy atom. The Labute approximate surface area is 157 Å². The Hall–Kier alpha value is -3.27. The lowest BCUT2D eigenvalue weighted by Gasteiger charge is -2.17. The smallest absolute Gasteiger partial charge is 0.265 e. The number of ether oxygens (including phenoxy) is 1. The molecule has 1 heterocycles. The average Bonchev–Trinajstić information content (AvgIpc) is 3.05. The molecule has 0 unspecified atom stereocenters. The number of carbonyl (C=O) groups excluding carboxylic acids is 1. The molecule has 4 heteroatoms. The van der Waals surface area contributed by atoms with E-state index >= 15 is 0 Å². The first-order valence-electron chi connectivity index (χ1n) is 9.09. The number of hydrogen-bond donors (Lipinski definition) is 1. The highest BCUT2D eigenvalue weighted by Gasteiger charge is 2.19. The van der Waals surface area contributed by atoms with Crippen LogP contribution in [0.2, 0.25) is 0 Å². The van der Waals surface area contributed by atoms with E-state index in [2.05, 4.69) is 5.32 Å². The second kappa shape index (κ2) is 7.16. The number of furan rings is 1. The van der Waals surface area contributed by atoms with Crippen LogP contribution in [-0.4, -0.2) is 12.0 Å². The maximum absolute atomic E-state index is 12.7. The minimum Gasteiger partial charge on any atom is -0.481 e. The molecule has 1 amide bonds. The van der Waals surface area contributed by atoms with Gasteiger partial charge in [-0.15, -0.1) is 0 Å². The fourth-order valence-electron chi connectivity index (χ4n) is 3.13. The molecule has 1 N–H and O–H groups in total. The summed E-state index contributed by atoms with van der Waals surface area (Å²) in [6.07, 6.45) is 0.0196. The van der Waals surface area contributed by atoms with E-state index in [1.165, 1.54) is 0 Å². The normalized spacial score (nSPS) is 12.2. The first-order chi connectivity index (χ1) is 13.1. The van der Waals surface area contributed by atoms with Gasteiger partial charge in [0.05, 0.1) is 0 Å². The number of benzene rings is 3. The molecule has 0 aliphatic heterocycles. The largest absolute Gasteiger partial charge is 0.481 e. The van der Waals surface area contributed by atoms with E-state index in [4.69, 9.17) is 9.15 Å². The van der Waals surface area contributed by atoms with Crippen molar-refractivity contribution in [2.24, 2.45) is 0 Å². The molecular formula is C23H21NO3. The Balaban J connectivity index is 1.53. The van der Waals surface area contributed by atoms with Crippen LogP contribution in [-0.2, 0) is 4.79 Å². The fourth-order valence-corrected chi connectivity index (χ4v) is 3.13. The molecule has 4 rings (SSSR count). The zero-order chi connectivity index (χ0) is 18.8. The molecule has 4 nitrogen and oxygen atoms in total. The lowest BCUT2D eigenvalue weighted by Crippen LogP contribution is -2.32. The topological polar surface area (TPSA) is 51.5 Å². The van der Waals surface area contributed by atoms with Crippen molar-refractivity contribution < 1.29 is 13.9 Å². The van der Waals surface area contributed by atoms with Crippen molar-refractivity contribution >= 4 is 33.5 Å². The third-order valence-electron chi connectivity index (χ3n) is 4.61. The van der Waals surface area contributed by atoms with Gasteiger partial charge in [-0.3, -0.25) is 4.79 Å². The summed E-state index contributed by atoms with van der Waals surface area (Å²) in [4.78, 5) is 12.7. The lowest BCUT2D eigenvalue weighted by molar-refractivity contribution is -0.122. The van der Waals surface area contributed by atoms with Gasteiger partial charge in [0.1, 0.15) is 16.9 Å². The van der Waals surface area contributed by atoms with E-state index in [1.54, 1.807) is 0 Å². The lowest BCUT2D eigenvalue weighted by atomic mass is 10.1. The van der Waals surface area contributed by atoms with E-state index in [9.17, 15) is 4.79 Å².